The van der Waals surface area contributed by atoms with E-state index in [9.17, 15) is 0 Å². The zero-order valence-corrected chi connectivity index (χ0v) is 40.1. The number of hydrogen-bond acceptors (Lipinski definition) is 8. The van der Waals surface area contributed by atoms with Gasteiger partial charge in [-0.3, -0.25) is 0 Å². The maximum atomic E-state index is 4.40. The molecule has 12 heteroatoms. The molecule has 10 nitrogen and oxygen atoms in total. The first kappa shape index (κ1) is 41.4. The highest BCUT2D eigenvalue weighted by molar-refractivity contribution is 7.19. The van der Waals surface area contributed by atoms with Crippen molar-refractivity contribution in [1.82, 2.24) is 49.8 Å². The van der Waals surface area contributed by atoms with E-state index in [1.54, 1.807) is 22.4 Å². The lowest BCUT2D eigenvalue weighted by Gasteiger charge is -2.50. The van der Waals surface area contributed by atoms with Crippen LogP contribution >= 0.6 is 22.7 Å². The van der Waals surface area contributed by atoms with E-state index in [0.29, 0.717) is 22.7 Å². The fourth-order valence-electron chi connectivity index (χ4n) is 12.7. The molecule has 2 aliphatic heterocycles. The van der Waals surface area contributed by atoms with E-state index in [4.69, 9.17) is 0 Å². The SMILES string of the molecule is Cc1c(C2CC3(CCCNC3)C2)sc2[nH]c(-c3cc(C)c4ncnn4c3)c(C(C)C)c12.Cc1c(C2CCC3(CCNCC3)C2)sc2[nH]c(-c3cc(C)c4ncnn4c3)c(C(C)C)c12. The second-order valence-corrected chi connectivity index (χ2v) is 22.8. The van der Waals surface area contributed by atoms with E-state index < -0.39 is 0 Å². The Morgan fingerprint density at radius 1 is 0.635 bits per heavy atom. The third-order valence-electron chi connectivity index (χ3n) is 15.8. The number of aryl methyl sites for hydroxylation is 4. The van der Waals surface area contributed by atoms with Gasteiger partial charge in [0.15, 0.2) is 11.3 Å². The summed E-state index contributed by atoms with van der Waals surface area (Å²) in [7, 11) is 0. The first-order valence-electron chi connectivity index (χ1n) is 23.7. The van der Waals surface area contributed by atoms with Gasteiger partial charge in [-0.05, 0) is 185 Å². The molecule has 4 N–H and O–H groups in total. The Labute approximate surface area is 379 Å². The van der Waals surface area contributed by atoms with Crippen molar-refractivity contribution in [2.45, 2.75) is 137 Å². The van der Waals surface area contributed by atoms with Crippen LogP contribution in [0.5, 0.6) is 0 Å². The smallest absolute Gasteiger partial charge is 0.158 e. The van der Waals surface area contributed by atoms with Crippen LogP contribution in [0.15, 0.2) is 37.2 Å². The van der Waals surface area contributed by atoms with Crippen LogP contribution in [0.1, 0.15) is 152 Å². The minimum Gasteiger partial charge on any atom is -0.346 e. The van der Waals surface area contributed by atoms with E-state index >= 15 is 0 Å². The lowest BCUT2D eigenvalue weighted by Crippen LogP contribution is -2.47. The molecule has 4 aliphatic rings. The quantitative estimate of drug-likeness (QED) is 0.132. The minimum absolute atomic E-state index is 0.450. The summed E-state index contributed by atoms with van der Waals surface area (Å²) < 4.78 is 3.80. The number of aromatic amines is 2. The molecule has 2 saturated carbocycles. The largest absolute Gasteiger partial charge is 0.346 e. The molecule has 0 amide bonds. The van der Waals surface area contributed by atoms with Crippen LogP contribution in [0.4, 0.5) is 0 Å². The van der Waals surface area contributed by atoms with Gasteiger partial charge in [-0.25, -0.2) is 19.0 Å². The minimum atomic E-state index is 0.450. The molecule has 4 fully saturated rings. The number of fused-ring (bicyclic) bond motifs is 4. The van der Waals surface area contributed by atoms with Crippen LogP contribution in [-0.4, -0.2) is 65.3 Å². The van der Waals surface area contributed by atoms with Gasteiger partial charge in [0.2, 0.25) is 0 Å². The monoisotopic (exact) mass is 880 g/mol. The Bertz CT molecular complexity index is 2980. The summed E-state index contributed by atoms with van der Waals surface area (Å²) in [6.07, 6.45) is 19.8. The molecular formula is C51H64N10S2. The fourth-order valence-corrected chi connectivity index (χ4v) is 15.4. The number of rotatable bonds is 6. The van der Waals surface area contributed by atoms with Gasteiger partial charge >= 0.3 is 0 Å². The topological polar surface area (TPSA) is 116 Å². The van der Waals surface area contributed by atoms with E-state index in [1.165, 1.54) is 149 Å². The highest BCUT2D eigenvalue weighted by Crippen LogP contribution is 2.58. The van der Waals surface area contributed by atoms with Crippen molar-refractivity contribution in [1.29, 1.82) is 0 Å². The number of piperidine rings is 2. The van der Waals surface area contributed by atoms with Gasteiger partial charge in [-0.2, -0.15) is 10.2 Å². The summed E-state index contributed by atoms with van der Waals surface area (Å²) in [5, 5.41) is 18.9. The Balaban J connectivity index is 0.000000141. The summed E-state index contributed by atoms with van der Waals surface area (Å²) in [5.74, 6) is 2.37. The number of pyridine rings is 2. The normalized spacial score (nSPS) is 22.4. The van der Waals surface area contributed by atoms with Gasteiger partial charge in [0.25, 0.3) is 0 Å². The molecule has 8 aromatic rings. The van der Waals surface area contributed by atoms with Gasteiger partial charge in [0.1, 0.15) is 22.3 Å². The number of nitrogens with zero attached hydrogens (tertiary/aromatic N) is 6. The average molecular weight is 881 g/mol. The standard InChI is InChI=1S/C26H33N5S.C25H31N5S/c1-15(2)20-21-17(4)23(18-5-6-26(12-18)7-9-27-10-8-26)32-25(21)30-22(20)19-11-16(3)24-28-14-29-31(24)13-19;1-14(2)19-20-16(4)22(18-9-25(10-18)6-5-7-26-12-25)31-24(20)29-21(19)17-8-15(3)23-27-13-28-30(23)11-17/h11,13-15,18,27,30H,5-10,12H2,1-4H3;8,11,13-14,18,26,29H,5-7,9-10,12H2,1-4H3. The summed E-state index contributed by atoms with van der Waals surface area (Å²) >= 11 is 4.02. The second kappa shape index (κ2) is 15.7. The third-order valence-corrected chi connectivity index (χ3v) is 18.5. The Morgan fingerprint density at radius 3 is 1.67 bits per heavy atom. The average Bonchev–Trinajstić information content (AvgIpc) is 4.12. The van der Waals surface area contributed by atoms with Gasteiger partial charge in [-0.15, -0.1) is 22.7 Å². The van der Waals surface area contributed by atoms with E-state index in [-0.39, 0.29) is 0 Å². The lowest BCUT2D eigenvalue weighted by molar-refractivity contribution is 0.0685. The van der Waals surface area contributed by atoms with Gasteiger partial charge in [0, 0.05) is 50.6 Å². The molecule has 10 heterocycles. The molecule has 0 aromatic carbocycles. The van der Waals surface area contributed by atoms with Crippen LogP contribution in [0.3, 0.4) is 0 Å². The zero-order chi connectivity index (χ0) is 43.4. The molecular weight excluding hydrogens is 817 g/mol. The maximum Gasteiger partial charge on any atom is 0.158 e. The first-order valence-corrected chi connectivity index (χ1v) is 25.4. The van der Waals surface area contributed by atoms with Crippen LogP contribution in [0, 0.1) is 38.5 Å². The number of thiophene rings is 2. The van der Waals surface area contributed by atoms with Crippen molar-refractivity contribution >= 4 is 54.4 Å². The number of H-pyrrole nitrogens is 2. The Kier molecular flexibility index (Phi) is 10.3. The van der Waals surface area contributed by atoms with Gasteiger partial charge < -0.3 is 20.6 Å². The first-order chi connectivity index (χ1) is 30.4. The van der Waals surface area contributed by atoms with Gasteiger partial charge in [-0.1, -0.05) is 27.7 Å². The molecule has 2 aliphatic carbocycles. The number of nitrogens with one attached hydrogen (secondary N) is 4. The van der Waals surface area contributed by atoms with Crippen molar-refractivity contribution in [3.05, 3.63) is 80.3 Å². The van der Waals surface area contributed by atoms with Crippen molar-refractivity contribution in [3.63, 3.8) is 0 Å². The summed E-state index contributed by atoms with van der Waals surface area (Å²) in [6, 6.07) is 4.49. The van der Waals surface area contributed by atoms with Crippen molar-refractivity contribution < 1.29 is 0 Å². The molecule has 0 bridgehead atoms. The third kappa shape index (κ3) is 6.91. The second-order valence-electron chi connectivity index (χ2n) is 20.7. The molecule has 0 radical (unpaired) electrons. The molecule has 1 unspecified atom stereocenters. The van der Waals surface area contributed by atoms with Crippen molar-refractivity contribution in [3.8, 4) is 22.5 Å². The van der Waals surface area contributed by atoms with Crippen molar-refractivity contribution in [2.75, 3.05) is 26.2 Å². The molecule has 8 aromatic heterocycles. The maximum absolute atomic E-state index is 4.40. The number of hydrogen-bond donors (Lipinski definition) is 4. The molecule has 2 spiro atoms. The van der Waals surface area contributed by atoms with Crippen LogP contribution in [0.25, 0.3) is 54.2 Å². The van der Waals surface area contributed by atoms with Crippen LogP contribution < -0.4 is 10.6 Å². The molecule has 330 valence electrons. The van der Waals surface area contributed by atoms with E-state index in [0.717, 1.165) is 34.3 Å². The van der Waals surface area contributed by atoms with Gasteiger partial charge in [0.05, 0.1) is 11.4 Å². The van der Waals surface area contributed by atoms with Crippen LogP contribution in [-0.2, 0) is 0 Å². The molecule has 63 heavy (non-hydrogen) atoms. The summed E-state index contributed by atoms with van der Waals surface area (Å²) in [5.41, 5.74) is 16.1. The predicted molar refractivity (Wildman–Crippen MR) is 261 cm³/mol. The summed E-state index contributed by atoms with van der Waals surface area (Å²) in [4.78, 5) is 22.4. The van der Waals surface area contributed by atoms with Crippen molar-refractivity contribution in [2.24, 2.45) is 10.8 Å². The Morgan fingerprint density at radius 2 is 1.16 bits per heavy atom. The Hall–Kier alpha value is -4.36. The zero-order valence-electron chi connectivity index (χ0n) is 38.5. The fraction of sp³-hybridized carbons (Fsp3) is 0.529. The molecule has 1 atom stereocenters. The molecule has 12 rings (SSSR count). The van der Waals surface area contributed by atoms with E-state index in [2.05, 4.69) is 121 Å². The lowest BCUT2D eigenvalue weighted by atomic mass is 9.58. The molecule has 2 saturated heterocycles. The highest BCUT2D eigenvalue weighted by atomic mass is 32.1. The van der Waals surface area contributed by atoms with E-state index in [1.807, 2.05) is 31.7 Å². The number of aromatic nitrogens is 8. The highest BCUT2D eigenvalue weighted by Gasteiger charge is 2.46. The van der Waals surface area contributed by atoms with Crippen LogP contribution in [0.2, 0.25) is 0 Å². The summed E-state index contributed by atoms with van der Waals surface area (Å²) in [6.45, 7) is 23.1. The predicted octanol–water partition coefficient (Wildman–Crippen LogP) is 12.2.